The molecule has 0 radical (unpaired) electrons. The summed E-state index contributed by atoms with van der Waals surface area (Å²) >= 11 is 0. The van der Waals surface area contributed by atoms with Gasteiger partial charge in [-0.15, -0.1) is 5.92 Å². The summed E-state index contributed by atoms with van der Waals surface area (Å²) in [6, 6.07) is -0.398. The van der Waals surface area contributed by atoms with Crippen molar-refractivity contribution < 1.29 is 29.0 Å². The van der Waals surface area contributed by atoms with Crippen LogP contribution in [0.3, 0.4) is 0 Å². The molecule has 8 heteroatoms. The van der Waals surface area contributed by atoms with Crippen molar-refractivity contribution in [3.05, 3.63) is 0 Å². The van der Waals surface area contributed by atoms with Crippen molar-refractivity contribution in [1.29, 1.82) is 0 Å². The van der Waals surface area contributed by atoms with Crippen molar-refractivity contribution in [1.82, 2.24) is 5.32 Å². The van der Waals surface area contributed by atoms with E-state index in [9.17, 15) is 14.4 Å². The minimum atomic E-state index is -0.777. The number of hydrogen-bond acceptors (Lipinski definition) is 5. The lowest BCUT2D eigenvalue weighted by Gasteiger charge is -2.23. The van der Waals surface area contributed by atoms with Crippen LogP contribution in [0.5, 0.6) is 0 Å². The molecule has 4 N–H and O–H groups in total. The van der Waals surface area contributed by atoms with Crippen LogP contribution in [0.15, 0.2) is 0 Å². The molecule has 27 heavy (non-hydrogen) atoms. The minimum Gasteiger partial charge on any atom is -0.481 e. The van der Waals surface area contributed by atoms with Gasteiger partial charge in [-0.1, -0.05) is 12.3 Å². The van der Waals surface area contributed by atoms with Gasteiger partial charge in [-0.2, -0.15) is 0 Å². The summed E-state index contributed by atoms with van der Waals surface area (Å²) in [5.74, 6) is 4.61. The Hall–Kier alpha value is -2.27. The average Bonchev–Trinajstić information content (AvgIpc) is 2.51. The Balaban J connectivity index is 4.11. The van der Waals surface area contributed by atoms with Crippen LogP contribution in [0.4, 0.5) is 4.79 Å². The molecule has 0 heterocycles. The highest BCUT2D eigenvalue weighted by atomic mass is 16.6. The SMILES string of the molecule is CC(C)(C)OC(=O)N[C@@H](CCC(N)=O)COCC#CCCCCCC(=O)O. The normalized spacial score (nSPS) is 11.8. The van der Waals surface area contributed by atoms with E-state index in [2.05, 4.69) is 17.2 Å². The zero-order chi connectivity index (χ0) is 20.7. The topological polar surface area (TPSA) is 128 Å². The molecule has 0 fully saturated rings. The van der Waals surface area contributed by atoms with Crippen LogP contribution in [0.2, 0.25) is 0 Å². The molecule has 0 aliphatic heterocycles. The fourth-order valence-corrected chi connectivity index (χ4v) is 2.05. The number of primary amides is 1. The molecule has 0 aromatic rings. The number of nitrogens with two attached hydrogens (primary N) is 1. The van der Waals surface area contributed by atoms with Gasteiger partial charge in [0.25, 0.3) is 0 Å². The first-order valence-electron chi connectivity index (χ1n) is 9.13. The fourth-order valence-electron chi connectivity index (χ4n) is 2.05. The maximum Gasteiger partial charge on any atom is 0.407 e. The molecule has 0 saturated heterocycles. The predicted octanol–water partition coefficient (Wildman–Crippen LogP) is 2.20. The molecular formula is C19H32N2O6. The summed E-state index contributed by atoms with van der Waals surface area (Å²) in [5.41, 5.74) is 4.54. The predicted molar refractivity (Wildman–Crippen MR) is 101 cm³/mol. The molecule has 8 nitrogen and oxygen atoms in total. The van der Waals surface area contributed by atoms with E-state index >= 15 is 0 Å². The van der Waals surface area contributed by atoms with E-state index in [-0.39, 0.29) is 26.1 Å². The van der Waals surface area contributed by atoms with Gasteiger partial charge in [0.05, 0.1) is 12.6 Å². The van der Waals surface area contributed by atoms with Crippen molar-refractivity contribution in [2.45, 2.75) is 77.4 Å². The third-order valence-corrected chi connectivity index (χ3v) is 3.27. The molecule has 0 saturated carbocycles. The lowest BCUT2D eigenvalue weighted by Crippen LogP contribution is -2.42. The number of aliphatic carboxylic acids is 1. The number of hydrogen-bond donors (Lipinski definition) is 3. The Morgan fingerprint density at radius 2 is 1.81 bits per heavy atom. The smallest absolute Gasteiger partial charge is 0.407 e. The maximum atomic E-state index is 11.8. The maximum absolute atomic E-state index is 11.8. The van der Waals surface area contributed by atoms with Crippen molar-refractivity contribution in [2.75, 3.05) is 13.2 Å². The highest BCUT2D eigenvalue weighted by molar-refractivity contribution is 5.74. The Bertz CT molecular complexity index is 531. The minimum absolute atomic E-state index is 0.131. The molecule has 0 aliphatic rings. The number of alkyl carbamates (subject to hydrolysis) is 1. The quantitative estimate of drug-likeness (QED) is 0.349. The molecule has 154 valence electrons. The molecule has 0 aromatic carbocycles. The second kappa shape index (κ2) is 13.9. The van der Waals surface area contributed by atoms with E-state index in [1.54, 1.807) is 20.8 Å². The summed E-state index contributed by atoms with van der Waals surface area (Å²) < 4.78 is 10.6. The van der Waals surface area contributed by atoms with Crippen LogP contribution in [0, 0.1) is 11.8 Å². The number of rotatable bonds is 12. The number of ether oxygens (including phenoxy) is 2. The van der Waals surface area contributed by atoms with Crippen molar-refractivity contribution in [3.8, 4) is 11.8 Å². The van der Waals surface area contributed by atoms with E-state index in [0.29, 0.717) is 19.3 Å². The van der Waals surface area contributed by atoms with Crippen LogP contribution < -0.4 is 11.1 Å². The van der Waals surface area contributed by atoms with Crippen LogP contribution in [-0.2, 0) is 19.1 Å². The molecule has 0 spiro atoms. The summed E-state index contributed by atoms with van der Waals surface area (Å²) in [6.45, 7) is 5.69. The Kier molecular flexibility index (Phi) is 12.7. The Morgan fingerprint density at radius 3 is 2.41 bits per heavy atom. The van der Waals surface area contributed by atoms with Crippen LogP contribution in [-0.4, -0.2) is 47.9 Å². The third-order valence-electron chi connectivity index (χ3n) is 3.27. The standard InChI is InChI=1S/C19H32N2O6/c1-19(2,3)27-18(25)21-15(11-12-16(20)22)14-26-13-9-7-5-4-6-8-10-17(23)24/h15H,4-6,8,10-14H2,1-3H3,(H2,20,22)(H,21,25)(H,23,24)/t15-/m0/s1. The molecule has 1 atom stereocenters. The van der Waals surface area contributed by atoms with Gasteiger partial charge in [-0.25, -0.2) is 4.79 Å². The van der Waals surface area contributed by atoms with Gasteiger partial charge in [0.2, 0.25) is 5.91 Å². The van der Waals surface area contributed by atoms with Crippen molar-refractivity contribution in [3.63, 3.8) is 0 Å². The summed E-state index contributed by atoms with van der Waals surface area (Å²) in [5, 5.41) is 11.2. The van der Waals surface area contributed by atoms with E-state index in [1.807, 2.05) is 0 Å². The van der Waals surface area contributed by atoms with Crippen molar-refractivity contribution >= 4 is 18.0 Å². The third kappa shape index (κ3) is 18.3. The van der Waals surface area contributed by atoms with E-state index in [4.69, 9.17) is 20.3 Å². The largest absolute Gasteiger partial charge is 0.481 e. The molecule has 0 rings (SSSR count). The fraction of sp³-hybridized carbons (Fsp3) is 0.737. The first kappa shape index (κ1) is 24.7. The molecule has 0 aliphatic carbocycles. The Morgan fingerprint density at radius 1 is 1.11 bits per heavy atom. The summed E-state index contributed by atoms with van der Waals surface area (Å²) in [6.07, 6.45) is 3.12. The number of carboxylic acid groups (broad SMARTS) is 1. The number of amides is 2. The average molecular weight is 384 g/mol. The molecule has 0 aromatic heterocycles. The zero-order valence-corrected chi connectivity index (χ0v) is 16.5. The van der Waals surface area contributed by atoms with Gasteiger partial charge in [0, 0.05) is 19.3 Å². The van der Waals surface area contributed by atoms with E-state index < -0.39 is 29.6 Å². The van der Waals surface area contributed by atoms with E-state index in [0.717, 1.165) is 12.8 Å². The van der Waals surface area contributed by atoms with Gasteiger partial charge in [-0.3, -0.25) is 9.59 Å². The monoisotopic (exact) mass is 384 g/mol. The molecule has 0 bridgehead atoms. The van der Waals surface area contributed by atoms with Crippen LogP contribution in [0.25, 0.3) is 0 Å². The van der Waals surface area contributed by atoms with E-state index in [1.165, 1.54) is 0 Å². The lowest BCUT2D eigenvalue weighted by atomic mass is 10.1. The highest BCUT2D eigenvalue weighted by Gasteiger charge is 2.20. The van der Waals surface area contributed by atoms with Gasteiger partial charge >= 0.3 is 12.1 Å². The molecule has 2 amide bonds. The number of carbonyl (C=O) groups is 3. The van der Waals surface area contributed by atoms with Gasteiger partial charge in [-0.05, 0) is 40.0 Å². The van der Waals surface area contributed by atoms with Crippen molar-refractivity contribution in [2.24, 2.45) is 5.73 Å². The molecule has 0 unspecified atom stereocenters. The summed E-state index contributed by atoms with van der Waals surface area (Å²) in [7, 11) is 0. The number of carbonyl (C=O) groups excluding carboxylic acids is 2. The second-order valence-corrected chi connectivity index (χ2v) is 7.17. The number of unbranched alkanes of at least 4 members (excludes halogenated alkanes) is 3. The first-order chi connectivity index (χ1) is 12.6. The second-order valence-electron chi connectivity index (χ2n) is 7.17. The first-order valence-corrected chi connectivity index (χ1v) is 9.13. The Labute approximate surface area is 161 Å². The number of nitrogens with one attached hydrogen (secondary N) is 1. The molecular weight excluding hydrogens is 352 g/mol. The lowest BCUT2D eigenvalue weighted by molar-refractivity contribution is -0.137. The van der Waals surface area contributed by atoms with Crippen LogP contribution in [0.1, 0.15) is 65.7 Å². The van der Waals surface area contributed by atoms with Crippen LogP contribution >= 0.6 is 0 Å². The summed E-state index contributed by atoms with van der Waals surface area (Å²) in [4.78, 5) is 33.2. The zero-order valence-electron chi connectivity index (χ0n) is 16.5. The highest BCUT2D eigenvalue weighted by Crippen LogP contribution is 2.08. The van der Waals surface area contributed by atoms with Gasteiger partial charge < -0.3 is 25.6 Å². The van der Waals surface area contributed by atoms with Gasteiger partial charge in [0.1, 0.15) is 12.2 Å². The number of carboxylic acids is 1. The van der Waals surface area contributed by atoms with Gasteiger partial charge in [0.15, 0.2) is 0 Å².